The lowest BCUT2D eigenvalue weighted by atomic mass is 10.1. The van der Waals surface area contributed by atoms with Gasteiger partial charge in [0.25, 0.3) is 0 Å². The molecular formula is C15H22N2O3S. The van der Waals surface area contributed by atoms with E-state index in [2.05, 4.69) is 17.6 Å². The molecule has 6 heteroatoms. The van der Waals surface area contributed by atoms with Gasteiger partial charge in [-0.05, 0) is 37.1 Å². The number of carbonyl (C=O) groups is 2. The Morgan fingerprint density at radius 1 is 1.48 bits per heavy atom. The van der Waals surface area contributed by atoms with Crippen molar-refractivity contribution in [1.82, 2.24) is 10.6 Å². The van der Waals surface area contributed by atoms with Crippen LogP contribution in [0.5, 0.6) is 0 Å². The second-order valence-corrected chi connectivity index (χ2v) is 6.50. The van der Waals surface area contributed by atoms with Gasteiger partial charge in [0.15, 0.2) is 0 Å². The Kier molecular flexibility index (Phi) is 5.61. The molecular weight excluding hydrogens is 288 g/mol. The van der Waals surface area contributed by atoms with Crippen molar-refractivity contribution in [2.45, 2.75) is 51.1 Å². The number of nitrogens with one attached hydrogen (secondary N) is 2. The molecule has 1 aliphatic rings. The zero-order valence-corrected chi connectivity index (χ0v) is 13.0. The molecule has 0 aromatic carbocycles. The van der Waals surface area contributed by atoms with Crippen molar-refractivity contribution in [3.8, 4) is 0 Å². The van der Waals surface area contributed by atoms with E-state index in [0.717, 1.165) is 24.1 Å². The van der Waals surface area contributed by atoms with Gasteiger partial charge in [0.2, 0.25) is 0 Å². The second kappa shape index (κ2) is 7.45. The monoisotopic (exact) mass is 310 g/mol. The highest BCUT2D eigenvalue weighted by molar-refractivity contribution is 7.10. The van der Waals surface area contributed by atoms with Crippen molar-refractivity contribution in [3.63, 3.8) is 0 Å². The maximum Gasteiger partial charge on any atom is 0.315 e. The molecule has 1 saturated carbocycles. The normalized spacial score (nSPS) is 22.7. The van der Waals surface area contributed by atoms with E-state index >= 15 is 0 Å². The van der Waals surface area contributed by atoms with Crippen LogP contribution in [-0.2, 0) is 4.79 Å². The zero-order chi connectivity index (χ0) is 15.2. The Hall–Kier alpha value is -1.56. The highest BCUT2D eigenvalue weighted by Crippen LogP contribution is 2.26. The molecule has 1 aliphatic carbocycles. The third kappa shape index (κ3) is 4.46. The minimum atomic E-state index is -0.762. The molecule has 116 valence electrons. The molecule has 3 N–H and O–H groups in total. The lowest BCUT2D eigenvalue weighted by Crippen LogP contribution is -2.42. The molecule has 1 heterocycles. The van der Waals surface area contributed by atoms with Gasteiger partial charge in [-0.2, -0.15) is 0 Å². The molecule has 1 unspecified atom stereocenters. The van der Waals surface area contributed by atoms with Crippen molar-refractivity contribution in [2.75, 3.05) is 0 Å². The van der Waals surface area contributed by atoms with E-state index in [9.17, 15) is 9.59 Å². The number of carboxylic acids is 1. The third-order valence-electron chi connectivity index (χ3n) is 3.89. The van der Waals surface area contributed by atoms with Gasteiger partial charge in [-0.25, -0.2) is 4.79 Å². The summed E-state index contributed by atoms with van der Waals surface area (Å²) in [5.41, 5.74) is 0. The molecule has 5 nitrogen and oxygen atoms in total. The highest BCUT2D eigenvalue weighted by Gasteiger charge is 2.30. The van der Waals surface area contributed by atoms with E-state index in [1.165, 1.54) is 0 Å². The van der Waals surface area contributed by atoms with Crippen LogP contribution in [0.2, 0.25) is 0 Å². The molecule has 1 fully saturated rings. The number of rotatable bonds is 6. The Balaban J connectivity index is 1.84. The van der Waals surface area contributed by atoms with E-state index < -0.39 is 5.97 Å². The summed E-state index contributed by atoms with van der Waals surface area (Å²) in [7, 11) is 0. The molecule has 0 spiro atoms. The Morgan fingerprint density at radius 3 is 2.86 bits per heavy atom. The summed E-state index contributed by atoms with van der Waals surface area (Å²) in [6.45, 7) is 2.09. The van der Waals surface area contributed by atoms with E-state index in [1.54, 1.807) is 11.3 Å². The number of carbonyl (C=O) groups excluding carboxylic acids is 1. The molecule has 2 rings (SSSR count). The number of amides is 2. The van der Waals surface area contributed by atoms with Crippen LogP contribution < -0.4 is 10.6 Å². The number of hydrogen-bond acceptors (Lipinski definition) is 3. The van der Waals surface area contributed by atoms with Crippen molar-refractivity contribution < 1.29 is 14.7 Å². The largest absolute Gasteiger partial charge is 0.481 e. The quantitative estimate of drug-likeness (QED) is 0.755. The van der Waals surface area contributed by atoms with Crippen LogP contribution in [0.3, 0.4) is 0 Å². The summed E-state index contributed by atoms with van der Waals surface area (Å²) >= 11 is 1.64. The van der Waals surface area contributed by atoms with Gasteiger partial charge in [0.1, 0.15) is 0 Å². The SMILES string of the molecule is CCCC(NC(=O)N[C@H]1CC[C@@H](C(=O)O)C1)c1cccs1. The smallest absolute Gasteiger partial charge is 0.315 e. The minimum absolute atomic E-state index is 0.0308. The predicted molar refractivity (Wildman–Crippen MR) is 82.4 cm³/mol. The molecule has 1 aromatic heterocycles. The molecule has 0 saturated heterocycles. The fourth-order valence-corrected chi connectivity index (χ4v) is 3.60. The average molecular weight is 310 g/mol. The van der Waals surface area contributed by atoms with Crippen LogP contribution in [0, 0.1) is 5.92 Å². The molecule has 1 aromatic rings. The maximum absolute atomic E-state index is 12.1. The average Bonchev–Trinajstić information content (AvgIpc) is 3.09. The topological polar surface area (TPSA) is 78.4 Å². The maximum atomic E-state index is 12.1. The first-order valence-corrected chi connectivity index (χ1v) is 8.31. The number of hydrogen-bond donors (Lipinski definition) is 3. The van der Waals surface area contributed by atoms with Crippen LogP contribution in [0.1, 0.15) is 49.9 Å². The van der Waals surface area contributed by atoms with Crippen LogP contribution in [-0.4, -0.2) is 23.1 Å². The van der Waals surface area contributed by atoms with Crippen molar-refractivity contribution in [3.05, 3.63) is 22.4 Å². The molecule has 0 radical (unpaired) electrons. The second-order valence-electron chi connectivity index (χ2n) is 5.52. The number of carboxylic acid groups (broad SMARTS) is 1. The zero-order valence-electron chi connectivity index (χ0n) is 12.2. The number of thiophene rings is 1. The molecule has 0 bridgehead atoms. The minimum Gasteiger partial charge on any atom is -0.481 e. The summed E-state index contributed by atoms with van der Waals surface area (Å²) in [6, 6.07) is 3.82. The third-order valence-corrected chi connectivity index (χ3v) is 4.87. The molecule has 0 aliphatic heterocycles. The lowest BCUT2D eigenvalue weighted by Gasteiger charge is -2.19. The first kappa shape index (κ1) is 15.8. The summed E-state index contributed by atoms with van der Waals surface area (Å²) in [6.07, 6.45) is 3.80. The molecule has 21 heavy (non-hydrogen) atoms. The fraction of sp³-hybridized carbons (Fsp3) is 0.600. The summed E-state index contributed by atoms with van der Waals surface area (Å²) in [5.74, 6) is -1.08. The van der Waals surface area contributed by atoms with Crippen molar-refractivity contribution in [1.29, 1.82) is 0 Å². The van der Waals surface area contributed by atoms with Crippen molar-refractivity contribution >= 4 is 23.3 Å². The van der Waals surface area contributed by atoms with Gasteiger partial charge in [0, 0.05) is 10.9 Å². The number of urea groups is 1. The molecule has 3 atom stereocenters. The summed E-state index contributed by atoms with van der Waals surface area (Å²) in [4.78, 5) is 24.2. The van der Waals surface area contributed by atoms with Gasteiger partial charge in [0.05, 0.1) is 12.0 Å². The van der Waals surface area contributed by atoms with Crippen LogP contribution in [0.4, 0.5) is 4.79 Å². The van der Waals surface area contributed by atoms with E-state index in [0.29, 0.717) is 12.8 Å². The Bertz CT molecular complexity index is 475. The summed E-state index contributed by atoms with van der Waals surface area (Å²) < 4.78 is 0. The van der Waals surface area contributed by atoms with Crippen LogP contribution in [0.15, 0.2) is 17.5 Å². The van der Waals surface area contributed by atoms with Gasteiger partial charge < -0.3 is 15.7 Å². The van der Waals surface area contributed by atoms with E-state index in [4.69, 9.17) is 5.11 Å². The van der Waals surface area contributed by atoms with Gasteiger partial charge in [-0.1, -0.05) is 19.4 Å². The fourth-order valence-electron chi connectivity index (χ4n) is 2.79. The van der Waals surface area contributed by atoms with Gasteiger partial charge >= 0.3 is 12.0 Å². The first-order valence-electron chi connectivity index (χ1n) is 7.43. The van der Waals surface area contributed by atoms with Crippen molar-refractivity contribution in [2.24, 2.45) is 5.92 Å². The van der Waals surface area contributed by atoms with E-state index in [1.807, 2.05) is 17.5 Å². The first-order chi connectivity index (χ1) is 10.1. The van der Waals surface area contributed by atoms with Crippen LogP contribution >= 0.6 is 11.3 Å². The van der Waals surface area contributed by atoms with E-state index in [-0.39, 0.29) is 24.0 Å². The lowest BCUT2D eigenvalue weighted by molar-refractivity contribution is -0.141. The Morgan fingerprint density at radius 2 is 2.29 bits per heavy atom. The standard InChI is InChI=1S/C15H22N2O3S/c1-2-4-12(13-5-3-8-21-13)17-15(20)16-11-7-6-10(9-11)14(18)19/h3,5,8,10-12H,2,4,6-7,9H2,1H3,(H,18,19)(H2,16,17,20)/t10-,11+,12?/m1/s1. The molecule has 2 amide bonds. The predicted octanol–water partition coefficient (Wildman–Crippen LogP) is 3.14. The highest BCUT2D eigenvalue weighted by atomic mass is 32.1. The number of aliphatic carboxylic acids is 1. The van der Waals surface area contributed by atoms with Crippen LogP contribution in [0.25, 0.3) is 0 Å². The summed E-state index contributed by atoms with van der Waals surface area (Å²) in [5, 5.41) is 16.9. The van der Waals surface area contributed by atoms with Gasteiger partial charge in [-0.15, -0.1) is 11.3 Å². The van der Waals surface area contributed by atoms with Gasteiger partial charge in [-0.3, -0.25) is 4.79 Å². The Labute approximate surface area is 128 Å².